The predicted octanol–water partition coefficient (Wildman–Crippen LogP) is 2.46. The Bertz CT molecular complexity index is 1140. The Balaban J connectivity index is 1.81. The molecule has 1 aromatic heterocycles. The highest BCUT2D eigenvalue weighted by atomic mass is 16.6. The van der Waals surface area contributed by atoms with E-state index >= 15 is 0 Å². The number of aliphatic hydroxyl groups excluding tert-OH is 1. The molecule has 1 unspecified atom stereocenters. The van der Waals surface area contributed by atoms with Gasteiger partial charge in [-0.25, -0.2) is 0 Å². The van der Waals surface area contributed by atoms with Crippen LogP contribution in [-0.4, -0.2) is 67.5 Å². The monoisotopic (exact) mass is 453 g/mol. The summed E-state index contributed by atoms with van der Waals surface area (Å²) in [7, 11) is 1.74. The van der Waals surface area contributed by atoms with Crippen LogP contribution in [-0.2, 0) is 16.6 Å². The Morgan fingerprint density at radius 1 is 1.15 bits per heavy atom. The number of aliphatic hydroxyl groups is 1. The number of likely N-dealkylation sites (tertiary alicyclic amines) is 2. The van der Waals surface area contributed by atoms with Crippen LogP contribution in [0.2, 0.25) is 0 Å². The first kappa shape index (κ1) is 22.7. The smallest absolute Gasteiger partial charge is 0.295 e. The van der Waals surface area contributed by atoms with E-state index in [1.165, 1.54) is 29.2 Å². The second-order valence-electron chi connectivity index (χ2n) is 8.56. The predicted molar refractivity (Wildman–Crippen MR) is 120 cm³/mol. The number of amides is 1. The SMILES string of the molecule is Cc1nn(C)c(C)c1/C(O)=C1\C(=O)C(=O)N(CCN2CCCC2)C1c1ccc([N+](=O)[O-])cc1. The summed E-state index contributed by atoms with van der Waals surface area (Å²) in [5.74, 6) is -1.72. The molecule has 2 saturated heterocycles. The number of nitro benzene ring substituents is 1. The summed E-state index contributed by atoms with van der Waals surface area (Å²) < 4.78 is 1.61. The van der Waals surface area contributed by atoms with Crippen molar-refractivity contribution in [2.75, 3.05) is 26.2 Å². The molecule has 0 saturated carbocycles. The molecule has 10 nitrogen and oxygen atoms in total. The third-order valence-electron chi connectivity index (χ3n) is 6.56. The number of rotatable bonds is 6. The number of hydrogen-bond acceptors (Lipinski definition) is 7. The van der Waals surface area contributed by atoms with Gasteiger partial charge in [-0.1, -0.05) is 0 Å². The molecule has 1 N–H and O–H groups in total. The zero-order valence-electron chi connectivity index (χ0n) is 18.9. The fourth-order valence-electron chi connectivity index (χ4n) is 4.74. The summed E-state index contributed by atoms with van der Waals surface area (Å²) in [4.78, 5) is 40.5. The molecule has 0 bridgehead atoms. The van der Waals surface area contributed by atoms with E-state index in [0.29, 0.717) is 35.6 Å². The second-order valence-corrected chi connectivity index (χ2v) is 8.56. The minimum absolute atomic E-state index is 0.0190. The number of non-ortho nitro benzene ring substituents is 1. The highest BCUT2D eigenvalue weighted by Gasteiger charge is 2.46. The van der Waals surface area contributed by atoms with Crippen LogP contribution in [0.4, 0.5) is 5.69 Å². The summed E-state index contributed by atoms with van der Waals surface area (Å²) in [6, 6.07) is 4.92. The third kappa shape index (κ3) is 4.02. The number of carbonyl (C=O) groups is 2. The maximum atomic E-state index is 13.2. The second kappa shape index (κ2) is 8.78. The van der Waals surface area contributed by atoms with E-state index < -0.39 is 22.7 Å². The van der Waals surface area contributed by atoms with Crippen molar-refractivity contribution in [1.29, 1.82) is 0 Å². The van der Waals surface area contributed by atoms with E-state index in [0.717, 1.165) is 25.9 Å². The van der Waals surface area contributed by atoms with Gasteiger partial charge in [-0.05, 0) is 57.5 Å². The van der Waals surface area contributed by atoms with Crippen molar-refractivity contribution in [1.82, 2.24) is 19.6 Å². The molecule has 2 aliphatic rings. The lowest BCUT2D eigenvalue weighted by molar-refractivity contribution is -0.384. The van der Waals surface area contributed by atoms with E-state index in [1.54, 1.807) is 25.6 Å². The molecule has 2 aromatic rings. The van der Waals surface area contributed by atoms with Gasteiger partial charge in [0.05, 0.1) is 27.8 Å². The van der Waals surface area contributed by atoms with Gasteiger partial charge in [-0.2, -0.15) is 5.10 Å². The van der Waals surface area contributed by atoms with Gasteiger partial charge in [0.2, 0.25) is 0 Å². The number of ketones is 1. The maximum Gasteiger partial charge on any atom is 0.295 e. The molecule has 0 radical (unpaired) electrons. The fourth-order valence-corrected chi connectivity index (χ4v) is 4.74. The number of hydrogen-bond donors (Lipinski definition) is 1. The molecule has 4 rings (SSSR count). The molecule has 0 aliphatic carbocycles. The lowest BCUT2D eigenvalue weighted by Gasteiger charge is -2.27. The molecule has 1 atom stereocenters. The minimum atomic E-state index is -0.840. The first-order chi connectivity index (χ1) is 15.7. The third-order valence-corrected chi connectivity index (χ3v) is 6.56. The molecule has 0 spiro atoms. The molecule has 174 valence electrons. The van der Waals surface area contributed by atoms with Gasteiger partial charge in [-0.3, -0.25) is 24.4 Å². The zero-order chi connectivity index (χ0) is 23.9. The Labute approximate surface area is 191 Å². The van der Waals surface area contributed by atoms with Gasteiger partial charge in [0.1, 0.15) is 5.76 Å². The number of aromatic nitrogens is 2. The molecule has 1 aromatic carbocycles. The van der Waals surface area contributed by atoms with Gasteiger partial charge < -0.3 is 14.9 Å². The molecule has 33 heavy (non-hydrogen) atoms. The standard InChI is InChI=1S/C23H27N5O5/c1-14-18(15(2)25(3)24-14)21(29)19-20(16-6-8-17(9-7-16)28(32)33)27(23(31)22(19)30)13-12-26-10-4-5-11-26/h6-9,20,29H,4-5,10-13H2,1-3H3/b21-19+. The van der Waals surface area contributed by atoms with E-state index in [2.05, 4.69) is 10.00 Å². The van der Waals surface area contributed by atoms with Crippen molar-refractivity contribution in [2.45, 2.75) is 32.7 Å². The quantitative estimate of drug-likeness (QED) is 0.234. The van der Waals surface area contributed by atoms with Crippen LogP contribution in [0.25, 0.3) is 5.76 Å². The average Bonchev–Trinajstić information content (AvgIpc) is 3.45. The lowest BCUT2D eigenvalue weighted by atomic mass is 9.94. The average molecular weight is 453 g/mol. The minimum Gasteiger partial charge on any atom is -0.507 e. The Kier molecular flexibility index (Phi) is 6.03. The number of aryl methyl sites for hydroxylation is 2. The van der Waals surface area contributed by atoms with E-state index in [-0.39, 0.29) is 17.0 Å². The van der Waals surface area contributed by atoms with Gasteiger partial charge >= 0.3 is 0 Å². The summed E-state index contributed by atoms with van der Waals surface area (Å²) in [6.07, 6.45) is 2.20. The maximum absolute atomic E-state index is 13.2. The Morgan fingerprint density at radius 2 is 1.79 bits per heavy atom. The first-order valence-electron chi connectivity index (χ1n) is 11.0. The highest BCUT2D eigenvalue weighted by Crippen LogP contribution is 2.40. The number of Topliss-reactive ketones (excluding diaryl/α,β-unsaturated/α-hetero) is 1. The molecule has 10 heteroatoms. The summed E-state index contributed by atoms with van der Waals surface area (Å²) in [5, 5.41) is 26.7. The number of nitrogens with zero attached hydrogens (tertiary/aromatic N) is 5. The van der Waals surface area contributed by atoms with Gasteiger partial charge in [0.25, 0.3) is 17.4 Å². The topological polar surface area (TPSA) is 122 Å². The van der Waals surface area contributed by atoms with Crippen LogP contribution in [0.1, 0.15) is 41.4 Å². The van der Waals surface area contributed by atoms with Crippen LogP contribution in [0.15, 0.2) is 29.8 Å². The van der Waals surface area contributed by atoms with Crippen molar-refractivity contribution >= 4 is 23.1 Å². The fraction of sp³-hybridized carbons (Fsp3) is 0.435. The van der Waals surface area contributed by atoms with E-state index in [4.69, 9.17) is 0 Å². The Hall–Kier alpha value is -3.53. The molecular formula is C23H27N5O5. The van der Waals surface area contributed by atoms with Crippen LogP contribution in [0, 0.1) is 24.0 Å². The normalized spacial score (nSPS) is 20.7. The van der Waals surface area contributed by atoms with Gasteiger partial charge in [0.15, 0.2) is 0 Å². The van der Waals surface area contributed by atoms with E-state index in [9.17, 15) is 24.8 Å². The van der Waals surface area contributed by atoms with Crippen LogP contribution < -0.4 is 0 Å². The molecular weight excluding hydrogens is 426 g/mol. The first-order valence-corrected chi connectivity index (χ1v) is 11.0. The number of benzene rings is 1. The Morgan fingerprint density at radius 3 is 2.33 bits per heavy atom. The van der Waals surface area contributed by atoms with Crippen LogP contribution in [0.3, 0.4) is 0 Å². The largest absolute Gasteiger partial charge is 0.507 e. The zero-order valence-corrected chi connectivity index (χ0v) is 18.9. The molecule has 2 fully saturated rings. The lowest BCUT2D eigenvalue weighted by Crippen LogP contribution is -2.37. The molecule has 2 aliphatic heterocycles. The summed E-state index contributed by atoms with van der Waals surface area (Å²) >= 11 is 0. The van der Waals surface area contributed by atoms with Crippen molar-refractivity contribution in [3.05, 3.63) is 62.5 Å². The van der Waals surface area contributed by atoms with Gasteiger partial charge in [-0.15, -0.1) is 0 Å². The van der Waals surface area contributed by atoms with Crippen LogP contribution in [0.5, 0.6) is 0 Å². The van der Waals surface area contributed by atoms with E-state index in [1.807, 2.05) is 0 Å². The van der Waals surface area contributed by atoms with Crippen molar-refractivity contribution in [2.24, 2.45) is 7.05 Å². The molecule has 1 amide bonds. The summed E-state index contributed by atoms with van der Waals surface area (Å²) in [5.41, 5.74) is 2.04. The van der Waals surface area contributed by atoms with Crippen molar-refractivity contribution < 1.29 is 19.6 Å². The van der Waals surface area contributed by atoms with Crippen LogP contribution >= 0.6 is 0 Å². The highest BCUT2D eigenvalue weighted by molar-refractivity contribution is 6.46. The number of nitro groups is 1. The van der Waals surface area contributed by atoms with Crippen molar-refractivity contribution in [3.8, 4) is 0 Å². The number of carbonyl (C=O) groups excluding carboxylic acids is 2. The van der Waals surface area contributed by atoms with Gasteiger partial charge in [0, 0.05) is 38.0 Å². The van der Waals surface area contributed by atoms with Crippen molar-refractivity contribution in [3.63, 3.8) is 0 Å². The molecule has 3 heterocycles. The summed E-state index contributed by atoms with van der Waals surface area (Å²) in [6.45, 7) is 6.32.